The molecule has 1 aromatic carbocycles. The second kappa shape index (κ2) is 4.55. The lowest BCUT2D eigenvalue weighted by molar-refractivity contribution is 0.297. The summed E-state index contributed by atoms with van der Waals surface area (Å²) in [7, 11) is 0. The number of anilines is 1. The summed E-state index contributed by atoms with van der Waals surface area (Å²) in [5.74, 6) is 2.63. The highest BCUT2D eigenvalue weighted by Gasteiger charge is 2.39. The van der Waals surface area contributed by atoms with Gasteiger partial charge in [0.15, 0.2) is 5.82 Å². The molecule has 2 atom stereocenters. The largest absolute Gasteiger partial charge is 0.353 e. The van der Waals surface area contributed by atoms with Crippen LogP contribution in [0.15, 0.2) is 48.9 Å². The summed E-state index contributed by atoms with van der Waals surface area (Å²) in [6.45, 7) is 3.26. The maximum absolute atomic E-state index is 4.84. The lowest BCUT2D eigenvalue weighted by atomic mass is 9.96. The van der Waals surface area contributed by atoms with Crippen LogP contribution in [0, 0.1) is 5.92 Å². The molecule has 22 heavy (non-hydrogen) atoms. The third kappa shape index (κ3) is 1.75. The first kappa shape index (κ1) is 12.2. The molecule has 0 saturated carbocycles. The number of rotatable bonds is 2. The minimum Gasteiger partial charge on any atom is -0.353 e. The van der Waals surface area contributed by atoms with Gasteiger partial charge in [-0.15, -0.1) is 0 Å². The maximum Gasteiger partial charge on any atom is 0.158 e. The number of nitrogens with zero attached hydrogens (tertiary/aromatic N) is 4. The summed E-state index contributed by atoms with van der Waals surface area (Å²) in [5, 5.41) is 4.70. The van der Waals surface area contributed by atoms with Gasteiger partial charge in [-0.25, -0.2) is 4.98 Å². The minimum atomic E-state index is 0.637. The molecule has 0 bridgehead atoms. The van der Waals surface area contributed by atoms with E-state index in [1.807, 2.05) is 12.4 Å². The molecule has 5 rings (SSSR count). The number of hydrogen-bond acceptors (Lipinski definition) is 4. The Kier molecular flexibility index (Phi) is 2.52. The fourth-order valence-electron chi connectivity index (χ4n) is 3.54. The van der Waals surface area contributed by atoms with E-state index in [0.29, 0.717) is 6.04 Å². The van der Waals surface area contributed by atoms with Crippen LogP contribution in [0.4, 0.5) is 5.82 Å². The van der Waals surface area contributed by atoms with Gasteiger partial charge >= 0.3 is 0 Å². The second-order valence-corrected chi connectivity index (χ2v) is 6.16. The van der Waals surface area contributed by atoms with Gasteiger partial charge in [0.2, 0.25) is 0 Å². The molecule has 110 valence electrons. The van der Waals surface area contributed by atoms with Crippen LogP contribution in [0.5, 0.6) is 0 Å². The normalized spacial score (nSPS) is 23.5. The topological polar surface area (TPSA) is 46.0 Å². The number of nitrogens with one attached hydrogen (secondary N) is 1. The smallest absolute Gasteiger partial charge is 0.158 e. The highest BCUT2D eigenvalue weighted by atomic mass is 15.3. The highest BCUT2D eigenvalue weighted by molar-refractivity contribution is 5.81. The van der Waals surface area contributed by atoms with Crippen LogP contribution in [0.3, 0.4) is 0 Å². The van der Waals surface area contributed by atoms with E-state index >= 15 is 0 Å². The Bertz CT molecular complexity index is 828. The van der Waals surface area contributed by atoms with Gasteiger partial charge in [0, 0.05) is 37.8 Å². The summed E-state index contributed by atoms with van der Waals surface area (Å²) in [5.41, 5.74) is 1.16. The van der Waals surface area contributed by atoms with Crippen molar-refractivity contribution < 1.29 is 0 Å². The lowest BCUT2D eigenvalue weighted by Gasteiger charge is -2.29. The van der Waals surface area contributed by atoms with E-state index in [1.165, 1.54) is 5.39 Å². The molecule has 2 fully saturated rings. The van der Waals surface area contributed by atoms with Crippen LogP contribution >= 0.6 is 0 Å². The van der Waals surface area contributed by atoms with E-state index in [4.69, 9.17) is 4.98 Å². The predicted molar refractivity (Wildman–Crippen MR) is 86.4 cm³/mol. The fourth-order valence-corrected chi connectivity index (χ4v) is 3.54. The van der Waals surface area contributed by atoms with Crippen LogP contribution in [0.1, 0.15) is 0 Å². The van der Waals surface area contributed by atoms with Gasteiger partial charge < -0.3 is 10.2 Å². The quantitative estimate of drug-likeness (QED) is 0.782. The molecule has 4 heterocycles. The molecule has 1 N–H and O–H groups in total. The van der Waals surface area contributed by atoms with Crippen molar-refractivity contribution in [2.45, 2.75) is 6.04 Å². The molecule has 5 nitrogen and oxygen atoms in total. The number of fused-ring (bicyclic) bond motifs is 2. The molecular formula is C17H17N5. The SMILES string of the molecule is c1ccc2c(c1)ccn2-c1cncc(N2C[C@@H]3CN[C@@H]3C2)n1. The van der Waals surface area contributed by atoms with Crippen LogP contribution in [0.25, 0.3) is 16.7 Å². The Hall–Kier alpha value is -2.40. The van der Waals surface area contributed by atoms with Crippen molar-refractivity contribution in [2.75, 3.05) is 24.5 Å². The average molecular weight is 291 g/mol. The molecule has 2 aliphatic heterocycles. The molecule has 5 heteroatoms. The number of benzene rings is 1. The Morgan fingerprint density at radius 3 is 2.77 bits per heavy atom. The first-order valence-electron chi connectivity index (χ1n) is 7.75. The molecule has 0 unspecified atom stereocenters. The van der Waals surface area contributed by atoms with E-state index < -0.39 is 0 Å². The van der Waals surface area contributed by atoms with Crippen LogP contribution in [0.2, 0.25) is 0 Å². The highest BCUT2D eigenvalue weighted by Crippen LogP contribution is 2.27. The number of aromatic nitrogens is 3. The van der Waals surface area contributed by atoms with Crippen molar-refractivity contribution in [3.63, 3.8) is 0 Å². The van der Waals surface area contributed by atoms with Gasteiger partial charge in [0.1, 0.15) is 5.82 Å². The molecular weight excluding hydrogens is 274 g/mol. The minimum absolute atomic E-state index is 0.637. The zero-order chi connectivity index (χ0) is 14.5. The van der Waals surface area contributed by atoms with E-state index in [2.05, 4.69) is 56.3 Å². The fraction of sp³-hybridized carbons (Fsp3) is 0.294. The van der Waals surface area contributed by atoms with E-state index in [0.717, 1.165) is 42.7 Å². The summed E-state index contributed by atoms with van der Waals surface area (Å²) in [6.07, 6.45) is 5.77. The van der Waals surface area contributed by atoms with Gasteiger partial charge in [-0.2, -0.15) is 0 Å². The number of hydrogen-bond donors (Lipinski definition) is 1. The van der Waals surface area contributed by atoms with Crippen LogP contribution in [-0.2, 0) is 0 Å². The Labute approximate surface area is 128 Å². The Morgan fingerprint density at radius 2 is 1.95 bits per heavy atom. The number of para-hydroxylation sites is 1. The summed E-state index contributed by atoms with van der Waals surface area (Å²) in [6, 6.07) is 11.1. The maximum atomic E-state index is 4.84. The van der Waals surface area contributed by atoms with Gasteiger partial charge in [-0.05, 0) is 17.5 Å². The molecule has 0 radical (unpaired) electrons. The van der Waals surface area contributed by atoms with E-state index in [1.54, 1.807) is 0 Å². The molecule has 2 aromatic heterocycles. The Morgan fingerprint density at radius 1 is 1.05 bits per heavy atom. The zero-order valence-electron chi connectivity index (χ0n) is 12.2. The molecule has 0 amide bonds. The van der Waals surface area contributed by atoms with Gasteiger partial charge in [0.05, 0.1) is 17.9 Å². The van der Waals surface area contributed by atoms with E-state index in [9.17, 15) is 0 Å². The molecule has 0 aliphatic carbocycles. The third-order valence-corrected chi connectivity index (χ3v) is 4.86. The molecule has 2 saturated heterocycles. The van der Waals surface area contributed by atoms with Crippen molar-refractivity contribution in [2.24, 2.45) is 5.92 Å². The lowest BCUT2D eigenvalue weighted by Crippen LogP contribution is -2.51. The molecule has 2 aliphatic rings. The van der Waals surface area contributed by atoms with E-state index in [-0.39, 0.29) is 0 Å². The van der Waals surface area contributed by atoms with Crippen molar-refractivity contribution >= 4 is 16.7 Å². The molecule has 3 aromatic rings. The predicted octanol–water partition coefficient (Wildman–Crippen LogP) is 1.83. The summed E-state index contributed by atoms with van der Waals surface area (Å²) in [4.78, 5) is 11.6. The van der Waals surface area contributed by atoms with Gasteiger partial charge in [0.25, 0.3) is 0 Å². The van der Waals surface area contributed by atoms with Crippen molar-refractivity contribution in [3.05, 3.63) is 48.9 Å². The Balaban J connectivity index is 1.54. The van der Waals surface area contributed by atoms with Crippen molar-refractivity contribution in [1.82, 2.24) is 19.9 Å². The summed E-state index contributed by atoms with van der Waals surface area (Å²) < 4.78 is 2.11. The van der Waals surface area contributed by atoms with Crippen LogP contribution < -0.4 is 10.2 Å². The van der Waals surface area contributed by atoms with Gasteiger partial charge in [-0.3, -0.25) is 9.55 Å². The van der Waals surface area contributed by atoms with Crippen LogP contribution in [-0.4, -0.2) is 40.2 Å². The second-order valence-electron chi connectivity index (χ2n) is 6.16. The van der Waals surface area contributed by atoms with Gasteiger partial charge in [-0.1, -0.05) is 18.2 Å². The summed E-state index contributed by atoms with van der Waals surface area (Å²) >= 11 is 0. The first-order valence-corrected chi connectivity index (χ1v) is 7.75. The molecule has 0 spiro atoms. The zero-order valence-corrected chi connectivity index (χ0v) is 12.2. The monoisotopic (exact) mass is 291 g/mol. The average Bonchev–Trinajstić information content (AvgIpc) is 3.09. The third-order valence-electron chi connectivity index (χ3n) is 4.86. The van der Waals surface area contributed by atoms with Crippen molar-refractivity contribution in [3.8, 4) is 5.82 Å². The standard InChI is InChI=1S/C17H17N5/c1-2-4-15-12(3-1)5-6-22(15)17-9-18-8-16(20-17)21-10-13-7-19-14(13)11-21/h1-6,8-9,13-14,19H,7,10-11H2/t13-,14+/m0/s1. The first-order chi connectivity index (χ1) is 10.9. The van der Waals surface area contributed by atoms with Crippen molar-refractivity contribution in [1.29, 1.82) is 0 Å².